The first-order valence-corrected chi connectivity index (χ1v) is 7.60. The molecule has 1 unspecified atom stereocenters. The van der Waals surface area contributed by atoms with Crippen LogP contribution in [0.15, 0.2) is 18.3 Å². The van der Waals surface area contributed by atoms with Crippen LogP contribution in [0.3, 0.4) is 0 Å². The Morgan fingerprint density at radius 3 is 3.09 bits per heavy atom. The van der Waals surface area contributed by atoms with Crippen molar-refractivity contribution in [3.8, 4) is 0 Å². The summed E-state index contributed by atoms with van der Waals surface area (Å²) >= 11 is 0. The molecule has 8 heteroatoms. The number of aromatic nitrogens is 4. The van der Waals surface area contributed by atoms with Gasteiger partial charge in [0.15, 0.2) is 0 Å². The Balaban J connectivity index is 1.73. The van der Waals surface area contributed by atoms with E-state index in [0.29, 0.717) is 23.4 Å². The molecule has 2 aromatic heterocycles. The molecule has 1 aliphatic heterocycles. The maximum absolute atomic E-state index is 12.4. The molecule has 1 saturated heterocycles. The van der Waals surface area contributed by atoms with Crippen LogP contribution in [0.25, 0.3) is 0 Å². The van der Waals surface area contributed by atoms with Gasteiger partial charge in [-0.25, -0.2) is 14.6 Å². The maximum atomic E-state index is 12.4. The fourth-order valence-electron chi connectivity index (χ4n) is 2.53. The third-order valence-corrected chi connectivity index (χ3v) is 3.72. The third kappa shape index (κ3) is 3.65. The minimum absolute atomic E-state index is 0.281. The first kappa shape index (κ1) is 15.4. The van der Waals surface area contributed by atoms with Gasteiger partial charge in [0.25, 0.3) is 5.91 Å². The van der Waals surface area contributed by atoms with Crippen LogP contribution in [0.1, 0.15) is 22.6 Å². The van der Waals surface area contributed by atoms with Crippen molar-refractivity contribution in [2.24, 2.45) is 5.92 Å². The zero-order valence-corrected chi connectivity index (χ0v) is 13.2. The lowest BCUT2D eigenvalue weighted by Crippen LogP contribution is -2.20. The topological polar surface area (TPSA) is 94.0 Å². The van der Waals surface area contributed by atoms with Crippen molar-refractivity contribution in [3.05, 3.63) is 29.7 Å². The second-order valence-corrected chi connectivity index (χ2v) is 5.55. The Morgan fingerprint density at radius 1 is 1.48 bits per heavy atom. The number of hydrogen-bond donors (Lipinski definition) is 2. The highest BCUT2D eigenvalue weighted by molar-refractivity contribution is 6.02. The van der Waals surface area contributed by atoms with Crippen molar-refractivity contribution >= 4 is 17.7 Å². The van der Waals surface area contributed by atoms with Crippen molar-refractivity contribution in [2.45, 2.75) is 19.9 Å². The second kappa shape index (κ2) is 6.74. The highest BCUT2D eigenvalue weighted by Gasteiger charge is 2.19. The maximum Gasteiger partial charge on any atom is 0.275 e. The minimum atomic E-state index is -0.281. The first-order valence-electron chi connectivity index (χ1n) is 7.60. The standard InChI is InChI=1S/C15H20N6O2/c1-10-7-12(19-15(16-2)18-10)14(22)20-13-3-5-17-21(13)8-11-4-6-23-9-11/h3,5,7,11H,4,6,8-9H2,1-2H3,(H,20,22)(H,16,18,19). The van der Waals surface area contributed by atoms with E-state index in [-0.39, 0.29) is 5.91 Å². The second-order valence-electron chi connectivity index (χ2n) is 5.55. The van der Waals surface area contributed by atoms with Crippen LogP contribution in [-0.2, 0) is 11.3 Å². The molecule has 122 valence electrons. The van der Waals surface area contributed by atoms with E-state index in [1.54, 1.807) is 30.1 Å². The van der Waals surface area contributed by atoms with E-state index < -0.39 is 0 Å². The smallest absolute Gasteiger partial charge is 0.275 e. The van der Waals surface area contributed by atoms with Gasteiger partial charge in [-0.1, -0.05) is 0 Å². The highest BCUT2D eigenvalue weighted by Crippen LogP contribution is 2.17. The number of hydrogen-bond acceptors (Lipinski definition) is 6. The zero-order valence-electron chi connectivity index (χ0n) is 13.2. The lowest BCUT2D eigenvalue weighted by atomic mass is 10.1. The molecule has 3 rings (SSSR count). The van der Waals surface area contributed by atoms with Crippen LogP contribution in [0.4, 0.5) is 11.8 Å². The van der Waals surface area contributed by atoms with Gasteiger partial charge in [-0.3, -0.25) is 4.79 Å². The molecule has 2 N–H and O–H groups in total. The van der Waals surface area contributed by atoms with Crippen LogP contribution in [-0.4, -0.2) is 45.9 Å². The van der Waals surface area contributed by atoms with Gasteiger partial charge in [-0.15, -0.1) is 0 Å². The number of ether oxygens (including phenoxy) is 1. The SMILES string of the molecule is CNc1nc(C)cc(C(=O)Nc2ccnn2CC2CCOC2)n1. The summed E-state index contributed by atoms with van der Waals surface area (Å²) in [7, 11) is 1.72. The van der Waals surface area contributed by atoms with Gasteiger partial charge in [0.05, 0.1) is 12.8 Å². The number of nitrogens with zero attached hydrogens (tertiary/aromatic N) is 4. The lowest BCUT2D eigenvalue weighted by Gasteiger charge is -2.12. The van der Waals surface area contributed by atoms with E-state index in [1.165, 1.54) is 0 Å². The fourth-order valence-corrected chi connectivity index (χ4v) is 2.53. The van der Waals surface area contributed by atoms with E-state index in [1.807, 2.05) is 6.92 Å². The molecule has 2 aromatic rings. The quantitative estimate of drug-likeness (QED) is 0.864. The van der Waals surface area contributed by atoms with Gasteiger partial charge in [0, 0.05) is 37.9 Å². The Bertz CT molecular complexity index is 693. The lowest BCUT2D eigenvalue weighted by molar-refractivity contribution is 0.102. The zero-order chi connectivity index (χ0) is 16.2. The molecule has 1 amide bonds. The summed E-state index contributed by atoms with van der Waals surface area (Å²) < 4.78 is 7.18. The predicted octanol–water partition coefficient (Wildman–Crippen LogP) is 1.31. The molecule has 0 radical (unpaired) electrons. The van der Waals surface area contributed by atoms with Gasteiger partial charge in [0.2, 0.25) is 5.95 Å². The number of aryl methyl sites for hydroxylation is 1. The van der Waals surface area contributed by atoms with Crippen molar-refractivity contribution < 1.29 is 9.53 Å². The molecule has 1 atom stereocenters. The molecule has 3 heterocycles. The van der Waals surface area contributed by atoms with Crippen molar-refractivity contribution in [3.63, 3.8) is 0 Å². The summed E-state index contributed by atoms with van der Waals surface area (Å²) in [5.74, 6) is 1.23. The monoisotopic (exact) mass is 316 g/mol. The molecular formula is C15H20N6O2. The molecule has 0 bridgehead atoms. The highest BCUT2D eigenvalue weighted by atomic mass is 16.5. The van der Waals surface area contributed by atoms with Crippen LogP contribution < -0.4 is 10.6 Å². The first-order chi connectivity index (χ1) is 11.2. The Labute approximate surface area is 134 Å². The van der Waals surface area contributed by atoms with E-state index in [2.05, 4.69) is 25.7 Å². The van der Waals surface area contributed by atoms with Crippen LogP contribution in [0.5, 0.6) is 0 Å². The Morgan fingerprint density at radius 2 is 2.35 bits per heavy atom. The summed E-state index contributed by atoms with van der Waals surface area (Å²) in [6.45, 7) is 4.08. The van der Waals surface area contributed by atoms with Gasteiger partial charge in [-0.2, -0.15) is 5.10 Å². The average molecular weight is 316 g/mol. The summed E-state index contributed by atoms with van der Waals surface area (Å²) in [4.78, 5) is 20.8. The largest absolute Gasteiger partial charge is 0.381 e. The van der Waals surface area contributed by atoms with E-state index >= 15 is 0 Å². The molecule has 1 fully saturated rings. The van der Waals surface area contributed by atoms with Crippen LogP contribution >= 0.6 is 0 Å². The van der Waals surface area contributed by atoms with Crippen molar-refractivity contribution in [2.75, 3.05) is 30.9 Å². The summed E-state index contributed by atoms with van der Waals surface area (Å²) in [5, 5.41) is 9.99. The van der Waals surface area contributed by atoms with Crippen molar-refractivity contribution in [1.82, 2.24) is 19.7 Å². The summed E-state index contributed by atoms with van der Waals surface area (Å²) in [6.07, 6.45) is 2.69. The molecule has 0 saturated carbocycles. The summed E-state index contributed by atoms with van der Waals surface area (Å²) in [5.41, 5.74) is 1.05. The molecule has 8 nitrogen and oxygen atoms in total. The molecule has 0 aromatic carbocycles. The van der Waals surface area contributed by atoms with Gasteiger partial charge < -0.3 is 15.4 Å². The third-order valence-electron chi connectivity index (χ3n) is 3.72. The summed E-state index contributed by atoms with van der Waals surface area (Å²) in [6, 6.07) is 3.43. The number of anilines is 2. The number of nitrogens with one attached hydrogen (secondary N) is 2. The van der Waals surface area contributed by atoms with Crippen LogP contribution in [0, 0.1) is 12.8 Å². The molecule has 0 aliphatic carbocycles. The molecular weight excluding hydrogens is 296 g/mol. The average Bonchev–Trinajstić information content (AvgIpc) is 3.19. The van der Waals surface area contributed by atoms with Gasteiger partial charge in [0.1, 0.15) is 11.5 Å². The van der Waals surface area contributed by atoms with Crippen molar-refractivity contribution in [1.29, 1.82) is 0 Å². The number of carbonyl (C=O) groups is 1. The minimum Gasteiger partial charge on any atom is -0.381 e. The molecule has 0 spiro atoms. The van der Waals surface area contributed by atoms with Crippen LogP contribution in [0.2, 0.25) is 0 Å². The van der Waals surface area contributed by atoms with Gasteiger partial charge >= 0.3 is 0 Å². The fraction of sp³-hybridized carbons (Fsp3) is 0.467. The van der Waals surface area contributed by atoms with E-state index in [0.717, 1.165) is 31.9 Å². The normalized spacial score (nSPS) is 17.2. The number of carbonyl (C=O) groups excluding carboxylic acids is 1. The van der Waals surface area contributed by atoms with Gasteiger partial charge in [-0.05, 0) is 19.4 Å². The predicted molar refractivity (Wildman–Crippen MR) is 85.4 cm³/mol. The number of rotatable bonds is 5. The number of amides is 1. The van der Waals surface area contributed by atoms with E-state index in [9.17, 15) is 4.79 Å². The Kier molecular flexibility index (Phi) is 4.52. The van der Waals surface area contributed by atoms with E-state index in [4.69, 9.17) is 4.74 Å². The Hall–Kier alpha value is -2.48. The molecule has 23 heavy (non-hydrogen) atoms. The molecule has 1 aliphatic rings.